The van der Waals surface area contributed by atoms with Crippen LogP contribution < -0.4 is 4.90 Å². The first-order valence-corrected chi connectivity index (χ1v) is 21.2. The van der Waals surface area contributed by atoms with Gasteiger partial charge in [-0.1, -0.05) is 133 Å². The molecule has 0 saturated heterocycles. The second-order valence-electron chi connectivity index (χ2n) is 16.1. The van der Waals surface area contributed by atoms with Gasteiger partial charge in [-0.05, 0) is 102 Å². The molecule has 13 rings (SSSR count). The molecule has 0 aliphatic heterocycles. The van der Waals surface area contributed by atoms with E-state index in [-0.39, 0.29) is 0 Å². The Morgan fingerprint density at radius 3 is 1.27 bits per heavy atom. The van der Waals surface area contributed by atoms with E-state index in [0.717, 1.165) is 61.5 Å². The Labute approximate surface area is 357 Å². The van der Waals surface area contributed by atoms with Crippen molar-refractivity contribution in [3.8, 4) is 22.5 Å². The van der Waals surface area contributed by atoms with Gasteiger partial charge >= 0.3 is 0 Å². The molecule has 62 heavy (non-hydrogen) atoms. The lowest BCUT2D eigenvalue weighted by Gasteiger charge is -2.28. The molecule has 0 spiro atoms. The van der Waals surface area contributed by atoms with E-state index in [2.05, 4.69) is 238 Å². The van der Waals surface area contributed by atoms with E-state index < -0.39 is 0 Å². The van der Waals surface area contributed by atoms with Gasteiger partial charge in [0.25, 0.3) is 0 Å². The van der Waals surface area contributed by atoms with E-state index in [0.29, 0.717) is 0 Å². The molecule has 4 nitrogen and oxygen atoms in total. The summed E-state index contributed by atoms with van der Waals surface area (Å²) in [6.45, 7) is 0. The molecule has 4 heteroatoms. The molecular weight excluding hydrogens is 755 g/mol. The maximum atomic E-state index is 6.82. The van der Waals surface area contributed by atoms with Crippen molar-refractivity contribution in [1.29, 1.82) is 0 Å². The average molecular weight is 792 g/mol. The van der Waals surface area contributed by atoms with Crippen molar-refractivity contribution >= 4 is 93.4 Å². The maximum Gasteiger partial charge on any atom is 0.143 e. The number of aromatic nitrogens is 2. The third-order valence-corrected chi connectivity index (χ3v) is 12.7. The van der Waals surface area contributed by atoms with Crippen LogP contribution in [0, 0.1) is 0 Å². The number of anilines is 3. The Hall–Kier alpha value is -8.34. The molecule has 0 aliphatic carbocycles. The molecule has 3 aromatic heterocycles. The summed E-state index contributed by atoms with van der Waals surface area (Å²) in [6, 6.07) is 80.9. The van der Waals surface area contributed by atoms with E-state index >= 15 is 0 Å². The number of fused-ring (bicyclic) bond motifs is 10. The van der Waals surface area contributed by atoms with E-state index in [1.807, 2.05) is 0 Å². The van der Waals surface area contributed by atoms with Gasteiger partial charge in [0, 0.05) is 66.2 Å². The standard InChI is InChI=1S/C58H37N3O/c1-2-15-39-37-57-51(36-38(39)14-1)50-22-13-21-49(58(50)62-57)48-20-7-8-23-52(48)59(40-28-32-42(33-29-40)60-53-24-9-3-16-44(53)45-17-4-10-25-54(45)60)41-30-34-43(35-31-41)61-55-26-11-5-18-46(55)47-19-6-12-27-56(47)61/h1-37H. The third-order valence-electron chi connectivity index (χ3n) is 12.7. The van der Waals surface area contributed by atoms with Crippen molar-refractivity contribution in [2.24, 2.45) is 0 Å². The molecular formula is C58H37N3O. The second kappa shape index (κ2) is 13.6. The summed E-state index contributed by atoms with van der Waals surface area (Å²) in [7, 11) is 0. The van der Waals surface area contributed by atoms with E-state index in [1.54, 1.807) is 0 Å². The lowest BCUT2D eigenvalue weighted by molar-refractivity contribution is 0.670. The van der Waals surface area contributed by atoms with Crippen LogP contribution in [0.2, 0.25) is 0 Å². The minimum Gasteiger partial charge on any atom is -0.455 e. The fraction of sp³-hybridized carbons (Fsp3) is 0. The highest BCUT2D eigenvalue weighted by molar-refractivity contribution is 6.14. The van der Waals surface area contributed by atoms with Gasteiger partial charge in [-0.3, -0.25) is 0 Å². The average Bonchev–Trinajstić information content (AvgIpc) is 3.99. The monoisotopic (exact) mass is 791 g/mol. The topological polar surface area (TPSA) is 26.2 Å². The van der Waals surface area contributed by atoms with Crippen molar-refractivity contribution < 1.29 is 4.42 Å². The molecule has 0 atom stereocenters. The van der Waals surface area contributed by atoms with Gasteiger partial charge in [0.2, 0.25) is 0 Å². The summed E-state index contributed by atoms with van der Waals surface area (Å²) in [6.07, 6.45) is 0. The predicted molar refractivity (Wildman–Crippen MR) is 260 cm³/mol. The van der Waals surface area contributed by atoms with Crippen molar-refractivity contribution in [2.45, 2.75) is 0 Å². The Kier molecular flexibility index (Phi) is 7.57. The van der Waals surface area contributed by atoms with Crippen LogP contribution in [0.25, 0.3) is 98.8 Å². The maximum absolute atomic E-state index is 6.82. The Bertz CT molecular complexity index is 3600. The Balaban J connectivity index is 1.00. The summed E-state index contributed by atoms with van der Waals surface area (Å²) in [5, 5.41) is 9.59. The fourth-order valence-corrected chi connectivity index (χ4v) is 9.92. The fourth-order valence-electron chi connectivity index (χ4n) is 9.92. The van der Waals surface area contributed by atoms with Gasteiger partial charge < -0.3 is 18.5 Å². The molecule has 0 N–H and O–H groups in total. The van der Waals surface area contributed by atoms with Gasteiger partial charge in [-0.15, -0.1) is 0 Å². The van der Waals surface area contributed by atoms with Gasteiger partial charge in [0.15, 0.2) is 0 Å². The molecule has 0 unspecified atom stereocenters. The van der Waals surface area contributed by atoms with E-state index in [9.17, 15) is 0 Å². The molecule has 0 fully saturated rings. The summed E-state index contributed by atoms with van der Waals surface area (Å²) in [5.41, 5.74) is 14.0. The lowest BCUT2D eigenvalue weighted by Crippen LogP contribution is -2.11. The minimum atomic E-state index is 0.883. The second-order valence-corrected chi connectivity index (χ2v) is 16.1. The highest BCUT2D eigenvalue weighted by Gasteiger charge is 2.22. The first-order chi connectivity index (χ1) is 30.8. The number of rotatable bonds is 6. The van der Waals surface area contributed by atoms with Crippen molar-refractivity contribution in [1.82, 2.24) is 9.13 Å². The van der Waals surface area contributed by atoms with Gasteiger partial charge in [0.1, 0.15) is 11.2 Å². The number of furan rings is 1. The molecule has 10 aromatic carbocycles. The van der Waals surface area contributed by atoms with Crippen molar-refractivity contribution in [3.05, 3.63) is 224 Å². The van der Waals surface area contributed by atoms with Crippen molar-refractivity contribution in [2.75, 3.05) is 4.90 Å². The molecule has 0 saturated carbocycles. The molecule has 0 amide bonds. The molecule has 0 aliphatic rings. The number of hydrogen-bond acceptors (Lipinski definition) is 2. The Morgan fingerprint density at radius 2 is 0.742 bits per heavy atom. The van der Waals surface area contributed by atoms with Crippen LogP contribution in [0.15, 0.2) is 229 Å². The smallest absolute Gasteiger partial charge is 0.143 e. The van der Waals surface area contributed by atoms with Crippen molar-refractivity contribution in [3.63, 3.8) is 0 Å². The quantitative estimate of drug-likeness (QED) is 0.168. The summed E-state index contributed by atoms with van der Waals surface area (Å²) < 4.78 is 11.6. The first-order valence-electron chi connectivity index (χ1n) is 21.2. The minimum absolute atomic E-state index is 0.883. The SMILES string of the molecule is c1ccc(N(c2ccc(-n3c4ccccc4c4ccccc43)cc2)c2ccc(-n3c4ccccc4c4ccccc43)cc2)c(-c2cccc3c2oc2cc4ccccc4cc23)c1. The molecule has 290 valence electrons. The number of benzene rings is 10. The van der Waals surface area contributed by atoms with Crippen LogP contribution >= 0.6 is 0 Å². The lowest BCUT2D eigenvalue weighted by atomic mass is 9.98. The summed E-state index contributed by atoms with van der Waals surface area (Å²) in [5.74, 6) is 0. The first kappa shape index (κ1) is 34.5. The van der Waals surface area contributed by atoms with Crippen LogP contribution in [0.3, 0.4) is 0 Å². The highest BCUT2D eigenvalue weighted by atomic mass is 16.3. The summed E-state index contributed by atoms with van der Waals surface area (Å²) >= 11 is 0. The van der Waals surface area contributed by atoms with Gasteiger partial charge in [-0.25, -0.2) is 0 Å². The zero-order chi connectivity index (χ0) is 40.7. The van der Waals surface area contributed by atoms with E-state index in [4.69, 9.17) is 4.42 Å². The number of nitrogens with zero attached hydrogens (tertiary/aromatic N) is 3. The zero-order valence-electron chi connectivity index (χ0n) is 33.6. The third kappa shape index (κ3) is 5.20. The molecule has 13 aromatic rings. The molecule has 0 bridgehead atoms. The number of para-hydroxylation sites is 6. The van der Waals surface area contributed by atoms with Crippen LogP contribution in [-0.2, 0) is 0 Å². The molecule has 3 heterocycles. The number of hydrogen-bond donors (Lipinski definition) is 0. The normalized spacial score (nSPS) is 11.9. The van der Waals surface area contributed by atoms with Gasteiger partial charge in [-0.2, -0.15) is 0 Å². The molecule has 0 radical (unpaired) electrons. The predicted octanol–water partition coefficient (Wildman–Crippen LogP) is 16.1. The zero-order valence-corrected chi connectivity index (χ0v) is 33.6. The van der Waals surface area contributed by atoms with Crippen LogP contribution in [0.1, 0.15) is 0 Å². The van der Waals surface area contributed by atoms with Crippen LogP contribution in [0.5, 0.6) is 0 Å². The van der Waals surface area contributed by atoms with E-state index in [1.165, 1.54) is 54.4 Å². The van der Waals surface area contributed by atoms with Gasteiger partial charge in [0.05, 0.1) is 27.8 Å². The summed E-state index contributed by atoms with van der Waals surface area (Å²) in [4.78, 5) is 2.39. The van der Waals surface area contributed by atoms with Crippen LogP contribution in [-0.4, -0.2) is 9.13 Å². The Morgan fingerprint density at radius 1 is 0.323 bits per heavy atom. The largest absolute Gasteiger partial charge is 0.455 e. The van der Waals surface area contributed by atoms with Crippen LogP contribution in [0.4, 0.5) is 17.1 Å². The highest BCUT2D eigenvalue weighted by Crippen LogP contribution is 2.45.